The fourth-order valence-electron chi connectivity index (χ4n) is 1.14. The summed E-state index contributed by atoms with van der Waals surface area (Å²) < 4.78 is 0. The third-order valence-electron chi connectivity index (χ3n) is 1.89. The van der Waals surface area contributed by atoms with Gasteiger partial charge in [-0.05, 0) is 18.6 Å². The lowest BCUT2D eigenvalue weighted by molar-refractivity contribution is 1.07. The highest BCUT2D eigenvalue weighted by atomic mass is 35.5. The molecule has 0 unspecified atom stereocenters. The van der Waals surface area contributed by atoms with Gasteiger partial charge in [-0.25, -0.2) is 9.97 Å². The Morgan fingerprint density at radius 2 is 2.36 bits per heavy atom. The molecule has 0 radical (unpaired) electrons. The molecule has 0 aliphatic heterocycles. The van der Waals surface area contributed by atoms with Crippen molar-refractivity contribution in [2.45, 2.75) is 13.3 Å². The normalized spacial score (nSPS) is 10.4. The molecule has 0 bridgehead atoms. The maximum absolute atomic E-state index is 5.80. The lowest BCUT2D eigenvalue weighted by Crippen LogP contribution is -1.81. The summed E-state index contributed by atoms with van der Waals surface area (Å²) in [6, 6.07) is 3.75. The van der Waals surface area contributed by atoms with Crippen LogP contribution >= 0.6 is 22.9 Å². The van der Waals surface area contributed by atoms with Crippen molar-refractivity contribution in [2.75, 3.05) is 0 Å². The van der Waals surface area contributed by atoms with Gasteiger partial charge in [0, 0.05) is 17.1 Å². The largest absolute Gasteiger partial charge is 0.245 e. The Balaban J connectivity index is 2.39. The Kier molecular flexibility index (Phi) is 2.79. The van der Waals surface area contributed by atoms with Crippen LogP contribution in [0.1, 0.15) is 12.6 Å². The molecule has 2 nitrogen and oxygen atoms in total. The number of halogens is 1. The molecule has 0 spiro atoms. The van der Waals surface area contributed by atoms with Crippen LogP contribution in [0.4, 0.5) is 0 Å². The third-order valence-corrected chi connectivity index (χ3v) is 3.03. The van der Waals surface area contributed by atoms with Crippen molar-refractivity contribution in [3.8, 4) is 10.6 Å². The van der Waals surface area contributed by atoms with Gasteiger partial charge in [0.05, 0.1) is 5.69 Å². The molecule has 0 amide bonds. The zero-order valence-electron chi connectivity index (χ0n) is 7.70. The second-order valence-corrected chi connectivity index (χ2v) is 4.11. The van der Waals surface area contributed by atoms with Gasteiger partial charge >= 0.3 is 0 Å². The maximum Gasteiger partial charge on any atom is 0.129 e. The van der Waals surface area contributed by atoms with Crippen molar-refractivity contribution in [3.63, 3.8) is 0 Å². The Morgan fingerprint density at radius 1 is 1.50 bits per heavy atom. The molecule has 4 heteroatoms. The van der Waals surface area contributed by atoms with Crippen LogP contribution in [0.2, 0.25) is 5.15 Å². The predicted molar refractivity (Wildman–Crippen MR) is 59.7 cm³/mol. The van der Waals surface area contributed by atoms with Gasteiger partial charge in [0.2, 0.25) is 0 Å². The molecule has 14 heavy (non-hydrogen) atoms. The monoisotopic (exact) mass is 224 g/mol. The van der Waals surface area contributed by atoms with Crippen LogP contribution in [0.5, 0.6) is 0 Å². The number of nitrogens with zero attached hydrogens (tertiary/aromatic N) is 2. The lowest BCUT2D eigenvalue weighted by atomic mass is 10.3. The zero-order valence-corrected chi connectivity index (χ0v) is 9.27. The number of hydrogen-bond donors (Lipinski definition) is 0. The highest BCUT2D eigenvalue weighted by Gasteiger charge is 2.03. The molecule has 0 saturated carbocycles. The number of aryl methyl sites for hydroxylation is 1. The van der Waals surface area contributed by atoms with E-state index in [0.29, 0.717) is 5.15 Å². The fourth-order valence-corrected chi connectivity index (χ4v) is 2.21. The lowest BCUT2D eigenvalue weighted by Gasteiger charge is -1.95. The minimum atomic E-state index is 0.510. The first-order valence-corrected chi connectivity index (χ1v) is 5.61. The SMILES string of the molecule is CCc1csc(-c2ccnc(Cl)c2)n1. The first kappa shape index (κ1) is 9.62. The van der Waals surface area contributed by atoms with Crippen LogP contribution in [0.15, 0.2) is 23.7 Å². The van der Waals surface area contributed by atoms with Gasteiger partial charge in [0.15, 0.2) is 0 Å². The summed E-state index contributed by atoms with van der Waals surface area (Å²) in [7, 11) is 0. The minimum Gasteiger partial charge on any atom is -0.245 e. The quantitative estimate of drug-likeness (QED) is 0.731. The molecule has 2 heterocycles. The van der Waals surface area contributed by atoms with Gasteiger partial charge in [-0.2, -0.15) is 0 Å². The van der Waals surface area contributed by atoms with Crippen LogP contribution in [0, 0.1) is 0 Å². The minimum absolute atomic E-state index is 0.510. The van der Waals surface area contributed by atoms with E-state index in [0.717, 1.165) is 22.7 Å². The second kappa shape index (κ2) is 4.07. The Morgan fingerprint density at radius 3 is 3.00 bits per heavy atom. The fraction of sp³-hybridized carbons (Fsp3) is 0.200. The van der Waals surface area contributed by atoms with E-state index >= 15 is 0 Å². The summed E-state index contributed by atoms with van der Waals surface area (Å²) in [4.78, 5) is 8.41. The molecule has 72 valence electrons. The smallest absolute Gasteiger partial charge is 0.129 e. The number of rotatable bonds is 2. The van der Waals surface area contributed by atoms with Crippen LogP contribution in [0.25, 0.3) is 10.6 Å². The van der Waals surface area contributed by atoms with Gasteiger partial charge in [-0.15, -0.1) is 11.3 Å². The summed E-state index contributed by atoms with van der Waals surface area (Å²) >= 11 is 7.44. The first-order chi connectivity index (χ1) is 6.79. The molecule has 0 atom stereocenters. The van der Waals surface area contributed by atoms with Gasteiger partial charge in [0.1, 0.15) is 10.2 Å². The highest BCUT2D eigenvalue weighted by Crippen LogP contribution is 2.24. The van der Waals surface area contributed by atoms with E-state index in [1.54, 1.807) is 17.5 Å². The van der Waals surface area contributed by atoms with Crippen molar-refractivity contribution in [3.05, 3.63) is 34.6 Å². The maximum atomic E-state index is 5.80. The van der Waals surface area contributed by atoms with Crippen molar-refractivity contribution in [2.24, 2.45) is 0 Å². The molecular formula is C10H9ClN2S. The van der Waals surface area contributed by atoms with Crippen molar-refractivity contribution < 1.29 is 0 Å². The third kappa shape index (κ3) is 1.94. The van der Waals surface area contributed by atoms with Crippen LogP contribution in [-0.2, 0) is 6.42 Å². The molecule has 2 aromatic heterocycles. The van der Waals surface area contributed by atoms with Crippen LogP contribution in [-0.4, -0.2) is 9.97 Å². The number of aromatic nitrogens is 2. The van der Waals surface area contributed by atoms with Crippen LogP contribution in [0.3, 0.4) is 0 Å². The molecule has 0 saturated heterocycles. The molecule has 0 aliphatic rings. The average Bonchev–Trinajstić information content (AvgIpc) is 2.66. The Hall–Kier alpha value is -0.930. The molecule has 0 aliphatic carbocycles. The van der Waals surface area contributed by atoms with Gasteiger partial charge < -0.3 is 0 Å². The number of pyridine rings is 1. The molecule has 2 aromatic rings. The molecular weight excluding hydrogens is 216 g/mol. The summed E-state index contributed by atoms with van der Waals surface area (Å²) in [5.41, 5.74) is 2.16. The molecule has 2 rings (SSSR count). The summed E-state index contributed by atoms with van der Waals surface area (Å²) in [6.07, 6.45) is 2.67. The number of hydrogen-bond acceptors (Lipinski definition) is 3. The van der Waals surface area contributed by atoms with Gasteiger partial charge in [-0.1, -0.05) is 18.5 Å². The van der Waals surface area contributed by atoms with E-state index in [2.05, 4.69) is 22.3 Å². The number of thiazole rings is 1. The zero-order chi connectivity index (χ0) is 9.97. The van der Waals surface area contributed by atoms with Gasteiger partial charge in [0.25, 0.3) is 0 Å². The van der Waals surface area contributed by atoms with E-state index in [1.807, 2.05) is 12.1 Å². The van der Waals surface area contributed by atoms with Crippen molar-refractivity contribution in [1.82, 2.24) is 9.97 Å². The van der Waals surface area contributed by atoms with E-state index in [4.69, 9.17) is 11.6 Å². The Labute approximate surface area is 91.6 Å². The van der Waals surface area contributed by atoms with E-state index in [1.165, 1.54) is 0 Å². The van der Waals surface area contributed by atoms with Crippen molar-refractivity contribution >= 4 is 22.9 Å². The summed E-state index contributed by atoms with van der Waals surface area (Å²) in [6.45, 7) is 2.10. The van der Waals surface area contributed by atoms with Gasteiger partial charge in [-0.3, -0.25) is 0 Å². The molecule has 0 fully saturated rings. The second-order valence-electron chi connectivity index (χ2n) is 2.86. The van der Waals surface area contributed by atoms with E-state index < -0.39 is 0 Å². The average molecular weight is 225 g/mol. The van der Waals surface area contributed by atoms with Crippen molar-refractivity contribution in [1.29, 1.82) is 0 Å². The summed E-state index contributed by atoms with van der Waals surface area (Å²) in [5, 5.41) is 3.59. The molecule has 0 aromatic carbocycles. The molecule has 0 N–H and O–H groups in total. The van der Waals surface area contributed by atoms with E-state index in [9.17, 15) is 0 Å². The van der Waals surface area contributed by atoms with E-state index in [-0.39, 0.29) is 0 Å². The summed E-state index contributed by atoms with van der Waals surface area (Å²) in [5.74, 6) is 0. The van der Waals surface area contributed by atoms with Crippen LogP contribution < -0.4 is 0 Å². The predicted octanol–water partition coefficient (Wildman–Crippen LogP) is 3.42. The standard InChI is InChI=1S/C10H9ClN2S/c1-2-8-6-14-10(13-8)7-3-4-12-9(11)5-7/h3-6H,2H2,1H3. The highest BCUT2D eigenvalue weighted by molar-refractivity contribution is 7.13. The topological polar surface area (TPSA) is 25.8 Å². The first-order valence-electron chi connectivity index (χ1n) is 4.36. The Bertz CT molecular complexity index is 439.